The summed E-state index contributed by atoms with van der Waals surface area (Å²) in [6, 6.07) is -0.647. The predicted octanol–water partition coefficient (Wildman–Crippen LogP) is -0.747. The second-order valence-corrected chi connectivity index (χ2v) is 3.90. The third kappa shape index (κ3) is 2.68. The van der Waals surface area contributed by atoms with Gasteiger partial charge >= 0.3 is 6.03 Å². The van der Waals surface area contributed by atoms with Gasteiger partial charge in [-0.1, -0.05) is 0 Å². The van der Waals surface area contributed by atoms with E-state index in [-0.39, 0.29) is 24.4 Å². The van der Waals surface area contributed by atoms with Gasteiger partial charge in [-0.15, -0.1) is 0 Å². The lowest BCUT2D eigenvalue weighted by molar-refractivity contribution is -0.134. The molecule has 4 amide bonds. The average Bonchev–Trinajstić information content (AvgIpc) is 2.94. The second kappa shape index (κ2) is 3.88. The standard InChI is InChI=1S/C9H13N3O3/c13-7-4-3-6(8(14)12-7)11-9(15)10-5-1-2-5/h5-6H,1-4H2,(H2,10,11,15)(H,12,13,14). The number of carbonyl (C=O) groups excluding carboxylic acids is 3. The predicted molar refractivity (Wildman–Crippen MR) is 50.9 cm³/mol. The molecule has 15 heavy (non-hydrogen) atoms. The normalized spacial score (nSPS) is 25.7. The van der Waals surface area contributed by atoms with Gasteiger partial charge in [-0.2, -0.15) is 0 Å². The molecule has 2 aliphatic rings. The number of hydrogen-bond acceptors (Lipinski definition) is 3. The molecule has 6 nitrogen and oxygen atoms in total. The van der Waals surface area contributed by atoms with Crippen molar-refractivity contribution in [3.05, 3.63) is 0 Å². The summed E-state index contributed by atoms with van der Waals surface area (Å²) in [6.07, 6.45) is 2.66. The number of rotatable bonds is 2. The lowest BCUT2D eigenvalue weighted by Crippen LogP contribution is -2.54. The third-order valence-corrected chi connectivity index (χ3v) is 2.46. The first-order valence-electron chi connectivity index (χ1n) is 5.06. The van der Waals surface area contributed by atoms with E-state index >= 15 is 0 Å². The number of urea groups is 1. The van der Waals surface area contributed by atoms with Crippen LogP contribution in [0.1, 0.15) is 25.7 Å². The average molecular weight is 211 g/mol. The van der Waals surface area contributed by atoms with Gasteiger partial charge < -0.3 is 10.6 Å². The van der Waals surface area contributed by atoms with Gasteiger partial charge in [-0.25, -0.2) is 4.79 Å². The number of piperidine rings is 1. The smallest absolute Gasteiger partial charge is 0.315 e. The van der Waals surface area contributed by atoms with Crippen molar-refractivity contribution in [2.24, 2.45) is 0 Å². The Hall–Kier alpha value is -1.59. The van der Waals surface area contributed by atoms with Crippen LogP contribution in [0, 0.1) is 0 Å². The molecule has 1 aliphatic heterocycles. The molecular formula is C9H13N3O3. The first-order valence-corrected chi connectivity index (χ1v) is 5.06. The maximum absolute atomic E-state index is 11.3. The van der Waals surface area contributed by atoms with E-state index in [2.05, 4.69) is 16.0 Å². The first-order chi connectivity index (χ1) is 7.15. The molecule has 0 radical (unpaired) electrons. The zero-order chi connectivity index (χ0) is 10.8. The molecule has 0 spiro atoms. The summed E-state index contributed by atoms with van der Waals surface area (Å²) in [6.45, 7) is 0. The fourth-order valence-corrected chi connectivity index (χ4v) is 1.44. The van der Waals surface area contributed by atoms with Crippen LogP contribution in [-0.4, -0.2) is 29.9 Å². The Morgan fingerprint density at radius 3 is 2.53 bits per heavy atom. The molecule has 2 rings (SSSR count). The summed E-state index contributed by atoms with van der Waals surface area (Å²) in [7, 11) is 0. The van der Waals surface area contributed by atoms with Crippen LogP contribution in [0.5, 0.6) is 0 Å². The third-order valence-electron chi connectivity index (χ3n) is 2.46. The molecule has 0 bridgehead atoms. The Kier molecular flexibility index (Phi) is 2.57. The first kappa shape index (κ1) is 9.95. The summed E-state index contributed by atoms with van der Waals surface area (Å²) >= 11 is 0. The Labute approximate surface area is 86.8 Å². The molecule has 1 unspecified atom stereocenters. The summed E-state index contributed by atoms with van der Waals surface area (Å²) in [5, 5.41) is 7.45. The number of hydrogen-bond donors (Lipinski definition) is 3. The molecule has 1 atom stereocenters. The summed E-state index contributed by atoms with van der Waals surface area (Å²) < 4.78 is 0. The highest BCUT2D eigenvalue weighted by atomic mass is 16.2. The lowest BCUT2D eigenvalue weighted by Gasteiger charge is -2.21. The van der Waals surface area contributed by atoms with Crippen molar-refractivity contribution in [1.29, 1.82) is 0 Å². The molecule has 0 aromatic heterocycles. The molecule has 1 saturated carbocycles. The molecule has 0 aromatic carbocycles. The van der Waals surface area contributed by atoms with E-state index in [0.29, 0.717) is 6.42 Å². The van der Waals surface area contributed by atoms with Crippen LogP contribution in [0.25, 0.3) is 0 Å². The molecule has 6 heteroatoms. The van der Waals surface area contributed by atoms with Crippen molar-refractivity contribution >= 4 is 17.8 Å². The van der Waals surface area contributed by atoms with Gasteiger partial charge in [-0.05, 0) is 19.3 Å². The van der Waals surface area contributed by atoms with Crippen molar-refractivity contribution in [2.45, 2.75) is 37.8 Å². The summed E-state index contributed by atoms with van der Waals surface area (Å²) in [5.74, 6) is -0.696. The van der Waals surface area contributed by atoms with Crippen molar-refractivity contribution in [3.63, 3.8) is 0 Å². The van der Waals surface area contributed by atoms with Gasteiger partial charge in [-0.3, -0.25) is 14.9 Å². The topological polar surface area (TPSA) is 87.3 Å². The van der Waals surface area contributed by atoms with Crippen molar-refractivity contribution in [3.8, 4) is 0 Å². The van der Waals surface area contributed by atoms with Gasteiger partial charge in [0.2, 0.25) is 11.8 Å². The van der Waals surface area contributed by atoms with E-state index in [1.165, 1.54) is 0 Å². The van der Waals surface area contributed by atoms with E-state index in [1.807, 2.05) is 0 Å². The van der Waals surface area contributed by atoms with Gasteiger partial charge in [0.25, 0.3) is 0 Å². The monoisotopic (exact) mass is 211 g/mol. The highest BCUT2D eigenvalue weighted by molar-refractivity contribution is 6.01. The SMILES string of the molecule is O=C1CCC(NC(=O)NC2CC2)C(=O)N1. The molecule has 82 valence electrons. The van der Waals surface area contributed by atoms with Crippen LogP contribution in [-0.2, 0) is 9.59 Å². The van der Waals surface area contributed by atoms with Crippen molar-refractivity contribution < 1.29 is 14.4 Å². The van der Waals surface area contributed by atoms with E-state index in [4.69, 9.17) is 0 Å². The van der Waals surface area contributed by atoms with E-state index in [9.17, 15) is 14.4 Å². The number of amides is 4. The van der Waals surface area contributed by atoms with E-state index in [0.717, 1.165) is 12.8 Å². The van der Waals surface area contributed by atoms with Gasteiger partial charge in [0, 0.05) is 12.5 Å². The van der Waals surface area contributed by atoms with Crippen LogP contribution < -0.4 is 16.0 Å². The van der Waals surface area contributed by atoms with Crippen LogP contribution in [0.2, 0.25) is 0 Å². The Morgan fingerprint density at radius 1 is 1.20 bits per heavy atom. The minimum atomic E-state index is -0.582. The molecule has 1 aliphatic carbocycles. The molecule has 1 saturated heterocycles. The Bertz CT molecular complexity index is 312. The number of carbonyl (C=O) groups is 3. The van der Waals surface area contributed by atoms with Crippen molar-refractivity contribution in [1.82, 2.24) is 16.0 Å². The fourth-order valence-electron chi connectivity index (χ4n) is 1.44. The molecule has 2 fully saturated rings. The number of imide groups is 1. The van der Waals surface area contributed by atoms with Gasteiger partial charge in [0.05, 0.1) is 0 Å². The molecule has 1 heterocycles. The molecule has 0 aromatic rings. The van der Waals surface area contributed by atoms with E-state index < -0.39 is 11.9 Å². The minimum absolute atomic E-state index is 0.262. The van der Waals surface area contributed by atoms with Crippen LogP contribution in [0.15, 0.2) is 0 Å². The fraction of sp³-hybridized carbons (Fsp3) is 0.667. The van der Waals surface area contributed by atoms with E-state index in [1.54, 1.807) is 0 Å². The minimum Gasteiger partial charge on any atom is -0.335 e. The largest absolute Gasteiger partial charge is 0.335 e. The van der Waals surface area contributed by atoms with Gasteiger partial charge in [0.15, 0.2) is 0 Å². The maximum Gasteiger partial charge on any atom is 0.315 e. The molecular weight excluding hydrogens is 198 g/mol. The Morgan fingerprint density at radius 2 is 1.93 bits per heavy atom. The quantitative estimate of drug-likeness (QED) is 0.525. The van der Waals surface area contributed by atoms with Gasteiger partial charge in [0.1, 0.15) is 6.04 Å². The Balaban J connectivity index is 1.79. The highest BCUT2D eigenvalue weighted by Gasteiger charge is 2.29. The zero-order valence-electron chi connectivity index (χ0n) is 8.21. The second-order valence-electron chi connectivity index (χ2n) is 3.90. The van der Waals surface area contributed by atoms with Crippen LogP contribution in [0.4, 0.5) is 4.79 Å². The van der Waals surface area contributed by atoms with Crippen LogP contribution in [0.3, 0.4) is 0 Å². The number of nitrogens with one attached hydrogen (secondary N) is 3. The van der Waals surface area contributed by atoms with Crippen LogP contribution >= 0.6 is 0 Å². The summed E-state index contributed by atoms with van der Waals surface area (Å²) in [5.41, 5.74) is 0. The summed E-state index contributed by atoms with van der Waals surface area (Å²) in [4.78, 5) is 33.4. The highest BCUT2D eigenvalue weighted by Crippen LogP contribution is 2.18. The molecule has 3 N–H and O–H groups in total. The lowest BCUT2D eigenvalue weighted by atomic mass is 10.1. The van der Waals surface area contributed by atoms with Crippen molar-refractivity contribution in [2.75, 3.05) is 0 Å². The maximum atomic E-state index is 11.3. The zero-order valence-corrected chi connectivity index (χ0v) is 8.21.